The van der Waals surface area contributed by atoms with E-state index in [0.717, 1.165) is 11.3 Å². The van der Waals surface area contributed by atoms with Crippen LogP contribution in [0, 0.1) is 0 Å². The lowest BCUT2D eigenvalue weighted by atomic mass is 10.7. The minimum Gasteiger partial charge on any atom is -0.493 e. The van der Waals surface area contributed by atoms with E-state index in [1.54, 1.807) is 0 Å². The maximum absolute atomic E-state index is 10.1. The number of carbonyl (C=O) groups is 1. The fourth-order valence-corrected chi connectivity index (χ4v) is 0.880. The van der Waals surface area contributed by atoms with Gasteiger partial charge in [-0.3, -0.25) is 0 Å². The molecule has 1 heterocycles. The van der Waals surface area contributed by atoms with Gasteiger partial charge in [0.25, 0.3) is 0 Å². The zero-order valence-electron chi connectivity index (χ0n) is 4.24. The van der Waals surface area contributed by atoms with E-state index in [4.69, 9.17) is 10.2 Å². The van der Waals surface area contributed by atoms with Crippen molar-refractivity contribution in [3.63, 3.8) is 0 Å². The molecule has 9 heavy (non-hydrogen) atoms. The van der Waals surface area contributed by atoms with Gasteiger partial charge >= 0.3 is 5.97 Å². The van der Waals surface area contributed by atoms with Gasteiger partial charge in [-0.25, -0.2) is 4.79 Å². The molecule has 1 rings (SSSR count). The van der Waals surface area contributed by atoms with Gasteiger partial charge in [-0.1, -0.05) is 0 Å². The Morgan fingerprint density at radius 1 is 1.78 bits per heavy atom. The fourth-order valence-electron chi connectivity index (χ4n) is 0.363. The van der Waals surface area contributed by atoms with Crippen molar-refractivity contribution < 1.29 is 15.0 Å². The molecule has 0 bridgehead atoms. The zero-order chi connectivity index (χ0) is 6.85. The third kappa shape index (κ3) is 1.17. The first-order valence-electron chi connectivity index (χ1n) is 2.08. The summed E-state index contributed by atoms with van der Waals surface area (Å²) in [6, 6.07) is 0. The van der Waals surface area contributed by atoms with Gasteiger partial charge in [0.05, 0.1) is 5.38 Å². The van der Waals surface area contributed by atoms with E-state index >= 15 is 0 Å². The molecule has 1 aromatic heterocycles. The third-order valence-corrected chi connectivity index (χ3v) is 1.49. The molecule has 0 aliphatic heterocycles. The van der Waals surface area contributed by atoms with Gasteiger partial charge in [-0.2, -0.15) is 4.98 Å². The molecule has 0 saturated carbocycles. The SMILES string of the molecule is O=C(O)c1nc(O)cs1. The number of aromatic hydroxyl groups is 1. The standard InChI is InChI=1S/C4H3NO3S/c6-2-1-9-3(5-2)4(7)8/h1,6H,(H,7,8). The van der Waals surface area contributed by atoms with Crippen molar-refractivity contribution in [1.29, 1.82) is 0 Å². The molecule has 0 aliphatic carbocycles. The van der Waals surface area contributed by atoms with Crippen LogP contribution >= 0.6 is 11.3 Å². The van der Waals surface area contributed by atoms with E-state index in [-0.39, 0.29) is 10.9 Å². The number of aromatic nitrogens is 1. The van der Waals surface area contributed by atoms with Crippen molar-refractivity contribution in [1.82, 2.24) is 4.98 Å². The Morgan fingerprint density at radius 2 is 2.44 bits per heavy atom. The molecule has 0 fully saturated rings. The fraction of sp³-hybridized carbons (Fsp3) is 0. The van der Waals surface area contributed by atoms with Crippen molar-refractivity contribution in [3.8, 4) is 5.88 Å². The minimum atomic E-state index is -1.11. The van der Waals surface area contributed by atoms with Crippen molar-refractivity contribution in [2.75, 3.05) is 0 Å². The zero-order valence-corrected chi connectivity index (χ0v) is 5.05. The average molecular weight is 145 g/mol. The average Bonchev–Trinajstić information content (AvgIpc) is 2.14. The molecule has 48 valence electrons. The van der Waals surface area contributed by atoms with Crippen molar-refractivity contribution in [2.24, 2.45) is 0 Å². The molecule has 0 amide bonds. The summed E-state index contributed by atoms with van der Waals surface area (Å²) >= 11 is 0.897. The predicted molar refractivity (Wildman–Crippen MR) is 30.7 cm³/mol. The van der Waals surface area contributed by atoms with Crippen LogP contribution in [-0.2, 0) is 0 Å². The first-order chi connectivity index (χ1) is 4.20. The number of aromatic carboxylic acids is 1. The van der Waals surface area contributed by atoms with Gasteiger partial charge in [0.15, 0.2) is 0 Å². The van der Waals surface area contributed by atoms with E-state index in [9.17, 15) is 4.79 Å². The number of hydrogen-bond acceptors (Lipinski definition) is 4. The quantitative estimate of drug-likeness (QED) is 0.605. The Morgan fingerprint density at radius 3 is 2.67 bits per heavy atom. The van der Waals surface area contributed by atoms with Gasteiger partial charge in [-0.15, -0.1) is 11.3 Å². The van der Waals surface area contributed by atoms with Crippen LogP contribution in [0.25, 0.3) is 0 Å². The van der Waals surface area contributed by atoms with Crippen LogP contribution in [0.5, 0.6) is 5.88 Å². The number of carboxylic acid groups (broad SMARTS) is 1. The van der Waals surface area contributed by atoms with Crippen LogP contribution in [0.3, 0.4) is 0 Å². The minimum absolute atomic E-state index is 0.0903. The summed E-state index contributed by atoms with van der Waals surface area (Å²) in [4.78, 5) is 13.3. The second-order valence-electron chi connectivity index (χ2n) is 1.32. The highest BCUT2D eigenvalue weighted by molar-refractivity contribution is 7.11. The molecule has 2 N–H and O–H groups in total. The van der Waals surface area contributed by atoms with E-state index in [1.165, 1.54) is 5.38 Å². The molecule has 4 nitrogen and oxygen atoms in total. The van der Waals surface area contributed by atoms with E-state index < -0.39 is 5.97 Å². The second kappa shape index (κ2) is 2.02. The second-order valence-corrected chi connectivity index (χ2v) is 2.17. The predicted octanol–water partition coefficient (Wildman–Crippen LogP) is 0.547. The smallest absolute Gasteiger partial charge is 0.365 e. The highest BCUT2D eigenvalue weighted by Crippen LogP contribution is 2.13. The van der Waals surface area contributed by atoms with Crippen molar-refractivity contribution in [2.45, 2.75) is 0 Å². The Bertz CT molecular complexity index is 231. The van der Waals surface area contributed by atoms with E-state index in [2.05, 4.69) is 4.98 Å². The summed E-state index contributed by atoms with van der Waals surface area (Å²) in [5, 5.41) is 17.9. The Kier molecular flexibility index (Phi) is 1.35. The number of rotatable bonds is 1. The molecule has 0 unspecified atom stereocenters. The highest BCUT2D eigenvalue weighted by Gasteiger charge is 2.06. The monoisotopic (exact) mass is 145 g/mol. The summed E-state index contributed by atoms with van der Waals surface area (Å²) in [5.41, 5.74) is 0. The van der Waals surface area contributed by atoms with Gasteiger partial charge in [0.2, 0.25) is 10.9 Å². The first kappa shape index (κ1) is 6.03. The maximum atomic E-state index is 10.1. The summed E-state index contributed by atoms with van der Waals surface area (Å²) in [5.74, 6) is -1.35. The Labute approximate surface area is 54.4 Å². The lowest BCUT2D eigenvalue weighted by Gasteiger charge is -1.78. The normalized spacial score (nSPS) is 9.33. The molecule has 1 aromatic rings. The van der Waals surface area contributed by atoms with E-state index in [0.29, 0.717) is 0 Å². The summed E-state index contributed by atoms with van der Waals surface area (Å²) in [6.07, 6.45) is 0. The van der Waals surface area contributed by atoms with Crippen LogP contribution < -0.4 is 0 Å². The molecule has 0 aliphatic rings. The van der Waals surface area contributed by atoms with Gasteiger partial charge in [0.1, 0.15) is 0 Å². The molecule has 0 aromatic carbocycles. The van der Waals surface area contributed by atoms with Crippen molar-refractivity contribution >= 4 is 17.3 Å². The summed E-state index contributed by atoms with van der Waals surface area (Å²) < 4.78 is 0. The number of nitrogens with zero attached hydrogens (tertiary/aromatic N) is 1. The summed E-state index contributed by atoms with van der Waals surface area (Å²) in [6.45, 7) is 0. The number of hydrogen-bond donors (Lipinski definition) is 2. The number of carboxylic acids is 1. The topological polar surface area (TPSA) is 70.4 Å². The first-order valence-corrected chi connectivity index (χ1v) is 2.96. The van der Waals surface area contributed by atoms with Crippen LogP contribution in [0.2, 0.25) is 0 Å². The Hall–Kier alpha value is -1.10. The van der Waals surface area contributed by atoms with Gasteiger partial charge in [0, 0.05) is 0 Å². The third-order valence-electron chi connectivity index (χ3n) is 0.675. The van der Waals surface area contributed by atoms with Gasteiger partial charge < -0.3 is 10.2 Å². The molecular formula is C4H3NO3S. The van der Waals surface area contributed by atoms with Crippen LogP contribution in [0.15, 0.2) is 5.38 Å². The van der Waals surface area contributed by atoms with Crippen LogP contribution in [0.1, 0.15) is 9.80 Å². The van der Waals surface area contributed by atoms with Crippen molar-refractivity contribution in [3.05, 3.63) is 10.4 Å². The maximum Gasteiger partial charge on any atom is 0.365 e. The molecular weight excluding hydrogens is 142 g/mol. The van der Waals surface area contributed by atoms with Crippen LogP contribution in [-0.4, -0.2) is 21.2 Å². The van der Waals surface area contributed by atoms with Gasteiger partial charge in [-0.05, 0) is 0 Å². The molecule has 0 spiro atoms. The molecule has 0 atom stereocenters. The van der Waals surface area contributed by atoms with E-state index in [1.807, 2.05) is 0 Å². The lowest BCUT2D eigenvalue weighted by molar-refractivity contribution is 0.0695. The highest BCUT2D eigenvalue weighted by atomic mass is 32.1. The molecule has 0 saturated heterocycles. The molecule has 5 heteroatoms. The number of thiazole rings is 1. The summed E-state index contributed by atoms with van der Waals surface area (Å²) in [7, 11) is 0. The largest absolute Gasteiger partial charge is 0.493 e. The molecule has 0 radical (unpaired) electrons. The Balaban J connectivity index is 2.98. The van der Waals surface area contributed by atoms with Crippen LogP contribution in [0.4, 0.5) is 0 Å². The lowest BCUT2D eigenvalue weighted by Crippen LogP contribution is -1.92.